The number of nitrogens with one attached hydrogen (secondary N) is 2. The predicted molar refractivity (Wildman–Crippen MR) is 83.5 cm³/mol. The molecule has 0 aliphatic heterocycles. The lowest BCUT2D eigenvalue weighted by Crippen LogP contribution is -2.35. The van der Waals surface area contributed by atoms with E-state index < -0.39 is 0 Å². The van der Waals surface area contributed by atoms with Crippen LogP contribution in [-0.2, 0) is 0 Å². The molecular formula is C15H16N2O3S. The van der Waals surface area contributed by atoms with Crippen LogP contribution in [0.5, 0.6) is 11.5 Å². The van der Waals surface area contributed by atoms with Gasteiger partial charge in [0.15, 0.2) is 0 Å². The molecule has 0 aliphatic carbocycles. The van der Waals surface area contributed by atoms with Crippen molar-refractivity contribution in [3.8, 4) is 11.5 Å². The number of ether oxygens (including phenoxy) is 2. The summed E-state index contributed by atoms with van der Waals surface area (Å²) < 4.78 is 10.4. The second-order valence-electron chi connectivity index (χ2n) is 4.10. The first-order valence-electron chi connectivity index (χ1n) is 6.17. The third-order valence-corrected chi connectivity index (χ3v) is 3.67. The minimum atomic E-state index is -0.210. The summed E-state index contributed by atoms with van der Waals surface area (Å²) in [5.41, 5.74) is 6.66. The number of methoxy groups -OCH3 is 2. The van der Waals surface area contributed by atoms with Gasteiger partial charge < -0.3 is 9.47 Å². The monoisotopic (exact) mass is 304 g/mol. The fourth-order valence-electron chi connectivity index (χ4n) is 1.72. The van der Waals surface area contributed by atoms with E-state index in [1.54, 1.807) is 32.4 Å². The Morgan fingerprint density at radius 3 is 2.62 bits per heavy atom. The normalized spacial score (nSPS) is 9.81. The lowest BCUT2D eigenvalue weighted by atomic mass is 10.1. The average Bonchev–Trinajstić information content (AvgIpc) is 3.06. The van der Waals surface area contributed by atoms with E-state index >= 15 is 0 Å². The third-order valence-electron chi connectivity index (χ3n) is 2.81. The molecule has 0 saturated heterocycles. The van der Waals surface area contributed by atoms with Crippen molar-refractivity contribution in [2.75, 3.05) is 14.2 Å². The fourth-order valence-corrected chi connectivity index (χ4v) is 2.34. The van der Waals surface area contributed by atoms with Crippen molar-refractivity contribution in [1.82, 2.24) is 10.9 Å². The van der Waals surface area contributed by atoms with E-state index in [9.17, 15) is 4.79 Å². The maximum Gasteiger partial charge on any atom is 0.279 e. The van der Waals surface area contributed by atoms with Crippen molar-refractivity contribution in [2.24, 2.45) is 0 Å². The van der Waals surface area contributed by atoms with E-state index in [1.807, 2.05) is 17.5 Å². The maximum atomic E-state index is 11.8. The largest absolute Gasteiger partial charge is 0.497 e. The van der Waals surface area contributed by atoms with Gasteiger partial charge in [0.25, 0.3) is 5.91 Å². The van der Waals surface area contributed by atoms with Crippen molar-refractivity contribution >= 4 is 22.9 Å². The van der Waals surface area contributed by atoms with Gasteiger partial charge in [0.05, 0.1) is 24.8 Å². The first-order chi connectivity index (χ1) is 10.2. The highest BCUT2D eigenvalue weighted by molar-refractivity contribution is 7.12. The Bertz CT molecular complexity index is 638. The molecule has 1 amide bonds. The molecule has 2 aromatic rings. The number of carbonyl (C=O) groups is 1. The first kappa shape index (κ1) is 14.9. The molecule has 0 spiro atoms. The molecule has 1 aromatic heterocycles. The van der Waals surface area contributed by atoms with Crippen LogP contribution >= 0.6 is 11.3 Å². The average molecular weight is 304 g/mol. The summed E-state index contributed by atoms with van der Waals surface area (Å²) in [7, 11) is 3.15. The van der Waals surface area contributed by atoms with Crippen LogP contribution in [0.2, 0.25) is 0 Å². The van der Waals surface area contributed by atoms with Crippen LogP contribution in [0.15, 0.2) is 42.3 Å². The third kappa shape index (κ3) is 3.55. The molecular weight excluding hydrogens is 288 g/mol. The number of thiophene rings is 1. The molecule has 0 aliphatic rings. The standard InChI is InChI=1S/C15H16N2O3S/c1-10(16-17-15(18)14-5-4-8-21-14)12-7-6-11(19-2)9-13(12)20-3/h4-9,16H,1H2,2-3H3,(H,17,18). The van der Waals surface area contributed by atoms with Crippen molar-refractivity contribution < 1.29 is 14.3 Å². The summed E-state index contributed by atoms with van der Waals surface area (Å²) in [6, 6.07) is 8.93. The Hall–Kier alpha value is -2.47. The van der Waals surface area contributed by atoms with E-state index in [1.165, 1.54) is 11.3 Å². The zero-order valence-corrected chi connectivity index (χ0v) is 12.6. The summed E-state index contributed by atoms with van der Waals surface area (Å²) in [6.07, 6.45) is 0. The second kappa shape index (κ2) is 6.81. The van der Waals surface area contributed by atoms with Crippen molar-refractivity contribution in [3.05, 3.63) is 52.7 Å². The van der Waals surface area contributed by atoms with Crippen LogP contribution in [0, 0.1) is 0 Å². The molecule has 6 heteroatoms. The van der Waals surface area contributed by atoms with E-state index in [0.717, 1.165) is 5.56 Å². The number of benzene rings is 1. The van der Waals surface area contributed by atoms with Gasteiger partial charge in [-0.3, -0.25) is 15.6 Å². The number of hydrogen-bond acceptors (Lipinski definition) is 5. The van der Waals surface area contributed by atoms with Gasteiger partial charge in [0, 0.05) is 11.6 Å². The van der Waals surface area contributed by atoms with Crippen LogP contribution in [0.4, 0.5) is 0 Å². The lowest BCUT2D eigenvalue weighted by molar-refractivity contribution is 0.0946. The summed E-state index contributed by atoms with van der Waals surface area (Å²) in [5, 5.41) is 1.84. The smallest absolute Gasteiger partial charge is 0.279 e. The summed E-state index contributed by atoms with van der Waals surface area (Å²) >= 11 is 1.37. The fraction of sp³-hybridized carbons (Fsp3) is 0.133. The maximum absolute atomic E-state index is 11.8. The molecule has 5 nitrogen and oxygen atoms in total. The van der Waals surface area contributed by atoms with Gasteiger partial charge in [-0.1, -0.05) is 12.6 Å². The van der Waals surface area contributed by atoms with Crippen LogP contribution in [0.3, 0.4) is 0 Å². The molecule has 0 saturated carbocycles. The predicted octanol–water partition coefficient (Wildman–Crippen LogP) is 2.67. The van der Waals surface area contributed by atoms with Gasteiger partial charge in [-0.25, -0.2) is 0 Å². The van der Waals surface area contributed by atoms with E-state index in [4.69, 9.17) is 9.47 Å². The zero-order chi connectivity index (χ0) is 15.2. The Labute approximate surface area is 127 Å². The van der Waals surface area contributed by atoms with Crippen molar-refractivity contribution in [1.29, 1.82) is 0 Å². The Balaban J connectivity index is 2.05. The SMILES string of the molecule is C=C(NNC(=O)c1cccs1)c1ccc(OC)cc1OC. The Morgan fingerprint density at radius 2 is 2.00 bits per heavy atom. The van der Waals surface area contributed by atoms with Crippen LogP contribution < -0.4 is 20.3 Å². The molecule has 2 N–H and O–H groups in total. The molecule has 110 valence electrons. The van der Waals surface area contributed by atoms with E-state index in [-0.39, 0.29) is 5.91 Å². The molecule has 0 radical (unpaired) electrons. The number of hydrogen-bond donors (Lipinski definition) is 2. The number of hydrazine groups is 1. The molecule has 0 fully saturated rings. The quantitative estimate of drug-likeness (QED) is 0.806. The van der Waals surface area contributed by atoms with Crippen LogP contribution in [-0.4, -0.2) is 20.1 Å². The molecule has 0 unspecified atom stereocenters. The van der Waals surface area contributed by atoms with Crippen molar-refractivity contribution in [3.63, 3.8) is 0 Å². The summed E-state index contributed by atoms with van der Waals surface area (Å²) in [4.78, 5) is 12.5. The molecule has 2 rings (SSSR count). The van der Waals surface area contributed by atoms with E-state index in [0.29, 0.717) is 22.1 Å². The molecule has 1 aromatic carbocycles. The lowest BCUT2D eigenvalue weighted by Gasteiger charge is -2.14. The van der Waals surface area contributed by atoms with Gasteiger partial charge in [0.2, 0.25) is 0 Å². The van der Waals surface area contributed by atoms with E-state index in [2.05, 4.69) is 17.4 Å². The Kier molecular flexibility index (Phi) is 4.84. The summed E-state index contributed by atoms with van der Waals surface area (Å²) in [5.74, 6) is 1.09. The molecule has 0 atom stereocenters. The minimum Gasteiger partial charge on any atom is -0.497 e. The summed E-state index contributed by atoms with van der Waals surface area (Å²) in [6.45, 7) is 3.90. The van der Waals surface area contributed by atoms with Gasteiger partial charge in [-0.2, -0.15) is 0 Å². The Morgan fingerprint density at radius 1 is 1.19 bits per heavy atom. The van der Waals surface area contributed by atoms with Crippen LogP contribution in [0.25, 0.3) is 5.70 Å². The first-order valence-corrected chi connectivity index (χ1v) is 7.05. The minimum absolute atomic E-state index is 0.210. The highest BCUT2D eigenvalue weighted by atomic mass is 32.1. The van der Waals surface area contributed by atoms with Gasteiger partial charge in [-0.05, 0) is 23.6 Å². The second-order valence-corrected chi connectivity index (χ2v) is 5.05. The number of rotatable bonds is 6. The topological polar surface area (TPSA) is 59.6 Å². The van der Waals surface area contributed by atoms with Gasteiger partial charge in [0.1, 0.15) is 11.5 Å². The van der Waals surface area contributed by atoms with Gasteiger partial charge >= 0.3 is 0 Å². The number of amides is 1. The molecule has 1 heterocycles. The molecule has 21 heavy (non-hydrogen) atoms. The highest BCUT2D eigenvalue weighted by Crippen LogP contribution is 2.28. The van der Waals surface area contributed by atoms with Gasteiger partial charge in [-0.15, -0.1) is 11.3 Å². The highest BCUT2D eigenvalue weighted by Gasteiger charge is 2.10. The van der Waals surface area contributed by atoms with Crippen molar-refractivity contribution in [2.45, 2.75) is 0 Å². The number of carbonyl (C=O) groups excluding carboxylic acids is 1. The molecule has 0 bridgehead atoms. The van der Waals surface area contributed by atoms with Crippen LogP contribution in [0.1, 0.15) is 15.2 Å². The zero-order valence-electron chi connectivity index (χ0n) is 11.8.